The van der Waals surface area contributed by atoms with Gasteiger partial charge >= 0.3 is 0 Å². The van der Waals surface area contributed by atoms with E-state index in [2.05, 4.69) is 20.6 Å². The molecule has 1 aromatic heterocycles. The summed E-state index contributed by atoms with van der Waals surface area (Å²) < 4.78 is 14.8. The lowest BCUT2D eigenvalue weighted by Gasteiger charge is -2.37. The Hall–Kier alpha value is -2.49. The first kappa shape index (κ1) is 23.2. The monoisotopic (exact) mass is 469 g/mol. The van der Waals surface area contributed by atoms with Gasteiger partial charge in [-0.25, -0.2) is 9.97 Å². The van der Waals surface area contributed by atoms with Crippen molar-refractivity contribution in [3.8, 4) is 17.4 Å². The molecule has 1 fully saturated rings. The largest absolute Gasteiger partial charge is 0.497 e. The molecule has 168 valence electrons. The highest BCUT2D eigenvalue weighted by atomic mass is 35.5. The Morgan fingerprint density at radius 3 is 2.45 bits per heavy atom. The lowest BCUT2D eigenvalue weighted by Crippen LogP contribution is -2.56. The second-order valence-electron chi connectivity index (χ2n) is 6.97. The Morgan fingerprint density at radius 2 is 1.87 bits per heavy atom. The number of aromatic nitrogens is 2. The summed E-state index contributed by atoms with van der Waals surface area (Å²) in [6, 6.07) is 5.00. The number of alkyl halides is 2. The summed E-state index contributed by atoms with van der Waals surface area (Å²) in [5.74, 6) is 1.31. The van der Waals surface area contributed by atoms with Gasteiger partial charge in [0.2, 0.25) is 5.91 Å². The van der Waals surface area contributed by atoms with Crippen LogP contribution in [0.3, 0.4) is 0 Å². The number of hydrogen-bond donors (Lipinski definition) is 2. The van der Waals surface area contributed by atoms with Crippen LogP contribution < -0.4 is 29.7 Å². The summed E-state index contributed by atoms with van der Waals surface area (Å²) in [6.45, 7) is 3.37. The first-order chi connectivity index (χ1) is 14.8. The molecule has 0 saturated carbocycles. The summed E-state index contributed by atoms with van der Waals surface area (Å²) in [6.07, 6.45) is 1.40. The number of methoxy groups -OCH3 is 3. The van der Waals surface area contributed by atoms with E-state index < -0.39 is 10.4 Å². The molecular weight excluding hydrogens is 445 g/mol. The molecule has 1 unspecified atom stereocenters. The molecule has 2 heterocycles. The minimum Gasteiger partial charge on any atom is -0.497 e. The third kappa shape index (κ3) is 5.41. The maximum absolute atomic E-state index is 13.2. The molecule has 1 aliphatic heterocycles. The van der Waals surface area contributed by atoms with Crippen molar-refractivity contribution in [3.05, 3.63) is 30.1 Å². The molecule has 1 aromatic carbocycles. The Balaban J connectivity index is 1.86. The van der Waals surface area contributed by atoms with Gasteiger partial charge in [0.05, 0.1) is 33.2 Å². The van der Waals surface area contributed by atoms with Crippen LogP contribution >= 0.6 is 23.2 Å². The average Bonchev–Trinajstić information content (AvgIpc) is 2.78. The molecule has 1 saturated heterocycles. The predicted molar refractivity (Wildman–Crippen MR) is 120 cm³/mol. The van der Waals surface area contributed by atoms with E-state index in [0.29, 0.717) is 30.3 Å². The van der Waals surface area contributed by atoms with Crippen molar-refractivity contribution >= 4 is 40.6 Å². The number of halogens is 2. The van der Waals surface area contributed by atoms with Gasteiger partial charge in [0.25, 0.3) is 5.88 Å². The first-order valence-corrected chi connectivity index (χ1v) is 10.3. The number of anilines is 2. The van der Waals surface area contributed by atoms with E-state index in [1.807, 2.05) is 17.0 Å². The number of ether oxygens (including phenoxy) is 3. The average molecular weight is 470 g/mol. The maximum atomic E-state index is 13.2. The van der Waals surface area contributed by atoms with Gasteiger partial charge in [0.15, 0.2) is 10.2 Å². The molecule has 11 heteroatoms. The highest BCUT2D eigenvalue weighted by Crippen LogP contribution is 2.34. The van der Waals surface area contributed by atoms with Crippen molar-refractivity contribution in [3.63, 3.8) is 0 Å². The third-order valence-electron chi connectivity index (χ3n) is 4.84. The van der Waals surface area contributed by atoms with Crippen LogP contribution in [-0.2, 0) is 9.13 Å². The molecule has 0 bridgehead atoms. The van der Waals surface area contributed by atoms with E-state index in [0.717, 1.165) is 12.2 Å². The smallest absolute Gasteiger partial charge is 0.257 e. The van der Waals surface area contributed by atoms with E-state index in [-0.39, 0.29) is 17.6 Å². The molecule has 1 aliphatic rings. The fourth-order valence-electron chi connectivity index (χ4n) is 3.22. The normalized spacial score (nSPS) is 16.6. The lowest BCUT2D eigenvalue weighted by molar-refractivity contribution is -0.117. The van der Waals surface area contributed by atoms with E-state index >= 15 is 0 Å². The van der Waals surface area contributed by atoms with Gasteiger partial charge < -0.3 is 29.7 Å². The van der Waals surface area contributed by atoms with Gasteiger partial charge in [0.1, 0.15) is 17.5 Å². The summed E-state index contributed by atoms with van der Waals surface area (Å²) in [7, 11) is 4.60. The number of amides is 1. The molecule has 1 atom stereocenters. The van der Waals surface area contributed by atoms with Crippen LogP contribution in [0, 0.1) is 0 Å². The highest BCUT2D eigenvalue weighted by molar-refractivity contribution is 6.47. The number of benzene rings is 1. The third-order valence-corrected chi connectivity index (χ3v) is 5.23. The first-order valence-electron chi connectivity index (χ1n) is 9.57. The van der Waals surface area contributed by atoms with E-state index in [1.54, 1.807) is 27.2 Å². The fraction of sp³-hybridized carbons (Fsp3) is 0.450. The summed E-state index contributed by atoms with van der Waals surface area (Å²) in [5, 5.41) is 6.05. The molecule has 2 aromatic rings. The van der Waals surface area contributed by atoms with Crippen LogP contribution in [-0.4, -0.2) is 62.9 Å². The predicted octanol–water partition coefficient (Wildman–Crippen LogP) is 2.57. The lowest BCUT2D eigenvalue weighted by atomic mass is 10.1. The zero-order valence-electron chi connectivity index (χ0n) is 17.7. The number of hydrogen-bond acceptors (Lipinski definition) is 8. The van der Waals surface area contributed by atoms with Crippen LogP contribution in [0.15, 0.2) is 24.4 Å². The van der Waals surface area contributed by atoms with E-state index in [4.69, 9.17) is 37.4 Å². The number of carbonyl (C=O) groups excluding carboxylic acids is 1. The summed E-state index contributed by atoms with van der Waals surface area (Å²) >= 11 is 12.2. The van der Waals surface area contributed by atoms with Crippen LogP contribution in [0.2, 0.25) is 0 Å². The van der Waals surface area contributed by atoms with Gasteiger partial charge in [-0.05, 0) is 6.92 Å². The summed E-state index contributed by atoms with van der Waals surface area (Å²) in [4.78, 5) is 23.7. The van der Waals surface area contributed by atoms with Crippen molar-refractivity contribution < 1.29 is 19.0 Å². The van der Waals surface area contributed by atoms with Crippen LogP contribution in [0.4, 0.5) is 11.5 Å². The number of piperazine rings is 1. The zero-order valence-corrected chi connectivity index (χ0v) is 19.3. The molecule has 31 heavy (non-hydrogen) atoms. The minimum atomic E-state index is -1.24. The van der Waals surface area contributed by atoms with Crippen molar-refractivity contribution in [2.45, 2.75) is 17.3 Å². The van der Waals surface area contributed by atoms with Crippen LogP contribution in [0.1, 0.15) is 12.6 Å². The second kappa shape index (κ2) is 9.76. The number of carbonyl (C=O) groups is 1. The van der Waals surface area contributed by atoms with Crippen molar-refractivity contribution in [1.29, 1.82) is 0 Å². The van der Waals surface area contributed by atoms with E-state index in [9.17, 15) is 4.79 Å². The van der Waals surface area contributed by atoms with Crippen molar-refractivity contribution in [1.82, 2.24) is 15.3 Å². The minimum absolute atomic E-state index is 0.122. The SMILES string of the molecule is COc1cc(OC)cc(N2CCNCC2C(=O)Nc2ncc(C(C)(Cl)Cl)nc2OC)c1. The van der Waals surface area contributed by atoms with Crippen molar-refractivity contribution in [2.24, 2.45) is 0 Å². The number of rotatable bonds is 7. The molecule has 1 amide bonds. The topological polar surface area (TPSA) is 97.8 Å². The maximum Gasteiger partial charge on any atom is 0.257 e. The fourth-order valence-corrected chi connectivity index (χ4v) is 3.40. The Labute approximate surface area is 191 Å². The zero-order chi connectivity index (χ0) is 22.6. The quantitative estimate of drug-likeness (QED) is 0.596. The molecule has 2 N–H and O–H groups in total. The Bertz CT molecular complexity index is 916. The second-order valence-corrected chi connectivity index (χ2v) is 8.68. The molecule has 9 nitrogen and oxygen atoms in total. The van der Waals surface area contributed by atoms with Crippen molar-refractivity contribution in [2.75, 3.05) is 51.2 Å². The number of nitrogens with one attached hydrogen (secondary N) is 2. The van der Waals surface area contributed by atoms with Crippen LogP contribution in [0.5, 0.6) is 17.4 Å². The van der Waals surface area contributed by atoms with Gasteiger partial charge in [-0.2, -0.15) is 0 Å². The molecule has 0 radical (unpaired) electrons. The van der Waals surface area contributed by atoms with E-state index in [1.165, 1.54) is 13.3 Å². The Morgan fingerprint density at radius 1 is 1.19 bits per heavy atom. The standard InChI is InChI=1S/C20H25Cl2N5O4/c1-20(21,22)16-11-24-17(19(25-16)31-4)26-18(28)15-10-23-5-6-27(15)12-7-13(29-2)9-14(8-12)30-3/h7-9,11,15,23H,5-6,10H2,1-4H3,(H,24,26,28). The molecule has 0 aliphatic carbocycles. The highest BCUT2D eigenvalue weighted by Gasteiger charge is 2.31. The van der Waals surface area contributed by atoms with Gasteiger partial charge in [-0.15, -0.1) is 0 Å². The molecular formula is C20H25Cl2N5O4. The number of nitrogens with zero attached hydrogens (tertiary/aromatic N) is 3. The van der Waals surface area contributed by atoms with Gasteiger partial charge in [-0.3, -0.25) is 4.79 Å². The van der Waals surface area contributed by atoms with Crippen LogP contribution in [0.25, 0.3) is 0 Å². The van der Waals surface area contributed by atoms with Gasteiger partial charge in [0, 0.05) is 43.5 Å². The Kier molecular flexibility index (Phi) is 7.30. The molecule has 3 rings (SSSR count). The molecule has 0 spiro atoms. The summed E-state index contributed by atoms with van der Waals surface area (Å²) in [5.41, 5.74) is 1.13. The van der Waals surface area contributed by atoms with Gasteiger partial charge in [-0.1, -0.05) is 23.2 Å².